The van der Waals surface area contributed by atoms with Gasteiger partial charge < -0.3 is 4.55 Å². The maximum Gasteiger partial charge on any atom is 0.315 e. The van der Waals surface area contributed by atoms with Crippen LogP contribution in [0.3, 0.4) is 0 Å². The third-order valence-corrected chi connectivity index (χ3v) is 3.96. The predicted octanol–water partition coefficient (Wildman–Crippen LogP) is 4.21. The van der Waals surface area contributed by atoms with Crippen molar-refractivity contribution >= 4 is 33.5 Å². The quantitative estimate of drug-likeness (QED) is 0.590. The third kappa shape index (κ3) is 4.50. The first-order valence-electron chi connectivity index (χ1n) is 5.34. The van der Waals surface area contributed by atoms with Crippen LogP contribution in [-0.4, -0.2) is 15.5 Å². The van der Waals surface area contributed by atoms with Crippen molar-refractivity contribution in [2.45, 2.75) is 31.4 Å². The van der Waals surface area contributed by atoms with E-state index in [0.717, 1.165) is 12.1 Å². The Labute approximate surface area is 121 Å². The number of hydrogen-bond acceptors (Lipinski definition) is 2. The Hall–Kier alpha value is -0.530. The molecule has 0 saturated carbocycles. The predicted molar refractivity (Wildman–Crippen MR) is 74.4 cm³/mol. The van der Waals surface area contributed by atoms with Crippen LogP contribution in [0.5, 0.6) is 0 Å². The molecule has 0 fully saturated rings. The summed E-state index contributed by atoms with van der Waals surface area (Å²) >= 11 is 1.18. The minimum Gasteiger partial charge on any atom is -0.591 e. The Morgan fingerprint density at radius 2 is 1.89 bits per heavy atom. The molecule has 2 nitrogen and oxygen atoms in total. The average molecular weight is 356 g/mol. The van der Waals surface area contributed by atoms with Crippen LogP contribution in [0.1, 0.15) is 26.3 Å². The molecule has 0 radical (unpaired) electrons. The van der Waals surface area contributed by atoms with Crippen molar-refractivity contribution in [3.8, 4) is 0 Å². The SMILES string of the molecule is CC(C)(C)[S+]([O-])/N=C/C(F)(F)c1cc(Br)ccc1F. The fourth-order valence-electron chi connectivity index (χ4n) is 1.09. The molecule has 0 heterocycles. The summed E-state index contributed by atoms with van der Waals surface area (Å²) in [5.41, 5.74) is -0.809. The summed E-state index contributed by atoms with van der Waals surface area (Å²) in [4.78, 5) is 0. The fraction of sp³-hybridized carbons (Fsp3) is 0.417. The zero-order chi connectivity index (χ0) is 14.8. The molecule has 19 heavy (non-hydrogen) atoms. The molecular weight excluding hydrogens is 343 g/mol. The number of hydrogen-bond donors (Lipinski definition) is 0. The average Bonchev–Trinajstić information content (AvgIpc) is 2.28. The fourth-order valence-corrected chi connectivity index (χ4v) is 2.00. The maximum absolute atomic E-state index is 13.8. The van der Waals surface area contributed by atoms with Crippen molar-refractivity contribution in [2.75, 3.05) is 0 Å². The lowest BCUT2D eigenvalue weighted by Crippen LogP contribution is -2.27. The van der Waals surface area contributed by atoms with Gasteiger partial charge in [-0.25, -0.2) is 4.39 Å². The first-order chi connectivity index (χ1) is 8.54. The number of benzene rings is 1. The third-order valence-electron chi connectivity index (χ3n) is 2.12. The number of rotatable bonds is 3. The highest BCUT2D eigenvalue weighted by molar-refractivity contribution is 9.10. The molecule has 0 aliphatic carbocycles. The van der Waals surface area contributed by atoms with Crippen molar-refractivity contribution in [1.29, 1.82) is 0 Å². The number of nitrogens with zero attached hydrogens (tertiary/aromatic N) is 1. The van der Waals surface area contributed by atoms with Crippen molar-refractivity contribution in [1.82, 2.24) is 0 Å². The molecule has 1 aromatic rings. The van der Waals surface area contributed by atoms with Gasteiger partial charge in [0.05, 0.1) is 5.56 Å². The highest BCUT2D eigenvalue weighted by atomic mass is 79.9. The van der Waals surface area contributed by atoms with Crippen LogP contribution >= 0.6 is 15.9 Å². The van der Waals surface area contributed by atoms with Crippen LogP contribution in [0.15, 0.2) is 27.1 Å². The zero-order valence-corrected chi connectivity index (χ0v) is 13.0. The molecule has 0 bridgehead atoms. The molecule has 7 heteroatoms. The van der Waals surface area contributed by atoms with E-state index in [1.807, 2.05) is 0 Å². The lowest BCUT2D eigenvalue weighted by Gasteiger charge is -2.19. The minimum absolute atomic E-state index is 0.235. The van der Waals surface area contributed by atoms with Crippen molar-refractivity contribution in [2.24, 2.45) is 4.40 Å². The van der Waals surface area contributed by atoms with Gasteiger partial charge in [-0.15, -0.1) is 0 Å². The largest absolute Gasteiger partial charge is 0.591 e. The molecule has 1 rings (SSSR count). The summed E-state index contributed by atoms with van der Waals surface area (Å²) in [6, 6.07) is 3.22. The molecule has 0 spiro atoms. The van der Waals surface area contributed by atoms with Crippen molar-refractivity contribution in [3.05, 3.63) is 34.1 Å². The first kappa shape index (κ1) is 16.5. The molecule has 0 aromatic heterocycles. The number of halogens is 4. The van der Waals surface area contributed by atoms with Crippen molar-refractivity contribution < 1.29 is 17.7 Å². The summed E-state index contributed by atoms with van der Waals surface area (Å²) in [6.07, 6.45) is 0.235. The highest BCUT2D eigenvalue weighted by Gasteiger charge is 2.35. The van der Waals surface area contributed by atoms with E-state index >= 15 is 0 Å². The van der Waals surface area contributed by atoms with Gasteiger partial charge >= 0.3 is 5.92 Å². The van der Waals surface area contributed by atoms with Gasteiger partial charge in [-0.1, -0.05) is 20.3 Å². The molecule has 1 atom stereocenters. The van der Waals surface area contributed by atoms with E-state index in [-0.39, 0.29) is 6.21 Å². The molecule has 106 valence electrons. The summed E-state index contributed by atoms with van der Waals surface area (Å²) in [5.74, 6) is -4.66. The standard InChI is InChI=1S/C12H13BrF3NOS/c1-11(2,3)19(18)17-7-12(15,16)9-6-8(13)4-5-10(9)14/h4-7H,1-3H3/b17-7+. The Balaban J connectivity index is 3.04. The van der Waals surface area contributed by atoms with Crippen LogP contribution in [-0.2, 0) is 17.3 Å². The van der Waals surface area contributed by atoms with Crippen LogP contribution in [0.4, 0.5) is 13.2 Å². The van der Waals surface area contributed by atoms with Gasteiger partial charge in [0.15, 0.2) is 0 Å². The lowest BCUT2D eigenvalue weighted by molar-refractivity contribution is 0.0778. The van der Waals surface area contributed by atoms with E-state index in [9.17, 15) is 17.7 Å². The van der Waals surface area contributed by atoms with E-state index in [1.165, 1.54) is 6.07 Å². The number of alkyl halides is 2. The van der Waals surface area contributed by atoms with Crippen LogP contribution in [0, 0.1) is 5.82 Å². The Morgan fingerprint density at radius 3 is 2.42 bits per heavy atom. The molecule has 0 aliphatic heterocycles. The maximum atomic E-state index is 13.8. The monoisotopic (exact) mass is 355 g/mol. The van der Waals surface area contributed by atoms with Gasteiger partial charge in [0.25, 0.3) is 0 Å². The van der Waals surface area contributed by atoms with Gasteiger partial charge in [0.2, 0.25) is 0 Å². The van der Waals surface area contributed by atoms with Crippen LogP contribution < -0.4 is 0 Å². The molecular formula is C12H13BrF3NOS. The Bertz CT molecular complexity index is 488. The van der Waals surface area contributed by atoms with Gasteiger partial charge in [-0.05, 0) is 39.0 Å². The topological polar surface area (TPSA) is 35.4 Å². The second-order valence-electron chi connectivity index (χ2n) is 4.84. The van der Waals surface area contributed by atoms with Crippen molar-refractivity contribution in [3.63, 3.8) is 0 Å². The van der Waals surface area contributed by atoms with Crippen LogP contribution in [0.2, 0.25) is 0 Å². The summed E-state index contributed by atoms with van der Waals surface area (Å²) in [6.45, 7) is 4.83. The molecule has 0 N–H and O–H groups in total. The van der Waals surface area contributed by atoms with Gasteiger partial charge in [0, 0.05) is 4.47 Å². The zero-order valence-electron chi connectivity index (χ0n) is 10.6. The lowest BCUT2D eigenvalue weighted by atomic mass is 10.1. The Kier molecular flexibility index (Phi) is 5.08. The second kappa shape index (κ2) is 5.85. The van der Waals surface area contributed by atoms with E-state index in [2.05, 4.69) is 20.3 Å². The second-order valence-corrected chi connectivity index (χ2v) is 7.69. The summed E-state index contributed by atoms with van der Waals surface area (Å²) in [7, 11) is 0. The smallest absolute Gasteiger partial charge is 0.315 e. The van der Waals surface area contributed by atoms with E-state index in [0.29, 0.717) is 4.47 Å². The van der Waals surface area contributed by atoms with Gasteiger partial charge in [0.1, 0.15) is 28.1 Å². The highest BCUT2D eigenvalue weighted by Crippen LogP contribution is 2.31. The van der Waals surface area contributed by atoms with E-state index < -0.39 is 33.4 Å². The summed E-state index contributed by atoms with van der Waals surface area (Å²) in [5, 5.41) is 0. The van der Waals surface area contributed by atoms with Gasteiger partial charge in [-0.2, -0.15) is 8.78 Å². The van der Waals surface area contributed by atoms with E-state index in [1.54, 1.807) is 20.8 Å². The summed E-state index contributed by atoms with van der Waals surface area (Å²) < 4.78 is 55.5. The van der Waals surface area contributed by atoms with Crippen LogP contribution in [0.25, 0.3) is 0 Å². The molecule has 0 aliphatic rings. The Morgan fingerprint density at radius 1 is 1.32 bits per heavy atom. The molecule has 0 saturated heterocycles. The molecule has 1 aromatic carbocycles. The normalized spacial score (nSPS) is 14.9. The minimum atomic E-state index is -3.62. The first-order valence-corrected chi connectivity index (χ1v) is 7.24. The van der Waals surface area contributed by atoms with Gasteiger partial charge in [-0.3, -0.25) is 0 Å². The molecule has 0 amide bonds. The molecule has 1 unspecified atom stereocenters. The van der Waals surface area contributed by atoms with E-state index in [4.69, 9.17) is 0 Å².